The zero-order valence-corrected chi connectivity index (χ0v) is 30.4. The van der Waals surface area contributed by atoms with Gasteiger partial charge in [-0.05, 0) is 80.9 Å². The predicted molar refractivity (Wildman–Crippen MR) is 199 cm³/mol. The van der Waals surface area contributed by atoms with Gasteiger partial charge in [-0.15, -0.1) is 0 Å². The number of amides is 4. The molecule has 0 bridgehead atoms. The molecular formula is C39H57N7O6. The molecule has 1 saturated carbocycles. The highest BCUT2D eigenvalue weighted by Crippen LogP contribution is 2.33. The van der Waals surface area contributed by atoms with Crippen LogP contribution in [0.25, 0.3) is 0 Å². The van der Waals surface area contributed by atoms with Crippen LogP contribution in [0.5, 0.6) is 0 Å². The number of hydrogen-bond donors (Lipinski definition) is 7. The standard InChI is InChI=1S/C39H57N7O6/c1-27(30-12-6-3-7-13-30)25-42-26-34(47)43-31(18-17-28-10-4-2-5-11-28)35(48)45-33(24-29-15-16-29)36(49)44-32(14-8-9-21-40)37(50)46-22-19-39(41,20-23-46)38(51)52/h2-7,10-13,27,29,31-33,42H,8-9,14-26,40-41H2,1H3,(H,43,47)(H,44,49)(H,45,48)(H,51,52)/t27-,31+,32+,33+/m0/s1. The summed E-state index contributed by atoms with van der Waals surface area (Å²) in [5.74, 6) is -2.20. The number of piperidine rings is 1. The van der Waals surface area contributed by atoms with E-state index in [1.165, 1.54) is 0 Å². The lowest BCUT2D eigenvalue weighted by atomic mass is 9.88. The Bertz CT molecular complexity index is 1460. The molecule has 2 fully saturated rings. The number of aliphatic carboxylic acids is 1. The molecule has 0 unspecified atom stereocenters. The summed E-state index contributed by atoms with van der Waals surface area (Å²) in [6, 6.07) is 17.0. The van der Waals surface area contributed by atoms with Crippen molar-refractivity contribution in [1.82, 2.24) is 26.2 Å². The number of nitrogens with one attached hydrogen (secondary N) is 4. The van der Waals surface area contributed by atoms with Crippen molar-refractivity contribution in [2.75, 3.05) is 32.7 Å². The molecule has 13 nitrogen and oxygen atoms in total. The summed E-state index contributed by atoms with van der Waals surface area (Å²) >= 11 is 0. The normalized spacial score (nSPS) is 17.6. The molecule has 4 amide bonds. The number of hydrogen-bond acceptors (Lipinski definition) is 8. The van der Waals surface area contributed by atoms with Crippen LogP contribution in [0.1, 0.15) is 81.8 Å². The number of unbranched alkanes of at least 4 members (excludes halogenated alkanes) is 1. The molecule has 2 aliphatic rings. The minimum absolute atomic E-state index is 0.0269. The lowest BCUT2D eigenvalue weighted by Gasteiger charge is -2.38. The maximum absolute atomic E-state index is 13.9. The second-order valence-electron chi connectivity index (χ2n) is 14.5. The van der Waals surface area contributed by atoms with Crippen LogP contribution < -0.4 is 32.7 Å². The summed E-state index contributed by atoms with van der Waals surface area (Å²) in [7, 11) is 0. The number of likely N-dealkylation sites (tertiary alicyclic amines) is 1. The fourth-order valence-corrected chi connectivity index (χ4v) is 6.55. The van der Waals surface area contributed by atoms with E-state index < -0.39 is 41.4 Å². The van der Waals surface area contributed by atoms with Gasteiger partial charge in [0, 0.05) is 19.6 Å². The predicted octanol–water partition coefficient (Wildman–Crippen LogP) is 1.80. The third-order valence-corrected chi connectivity index (χ3v) is 10.2. The summed E-state index contributed by atoms with van der Waals surface area (Å²) < 4.78 is 0. The highest BCUT2D eigenvalue weighted by Gasteiger charge is 2.41. The summed E-state index contributed by atoms with van der Waals surface area (Å²) in [6.07, 6.45) is 4.99. The van der Waals surface area contributed by atoms with E-state index in [0.717, 1.165) is 24.0 Å². The lowest BCUT2D eigenvalue weighted by Crippen LogP contribution is -2.60. The molecule has 52 heavy (non-hydrogen) atoms. The number of carboxylic acid groups (broad SMARTS) is 1. The number of nitrogens with zero attached hydrogens (tertiary/aromatic N) is 1. The first-order valence-corrected chi connectivity index (χ1v) is 18.7. The van der Waals surface area contributed by atoms with Crippen molar-refractivity contribution >= 4 is 29.6 Å². The fourth-order valence-electron chi connectivity index (χ4n) is 6.55. The Morgan fingerprint density at radius 2 is 1.46 bits per heavy atom. The fraction of sp³-hybridized carbons (Fsp3) is 0.564. The molecule has 0 radical (unpaired) electrons. The van der Waals surface area contributed by atoms with E-state index >= 15 is 0 Å². The van der Waals surface area contributed by atoms with Crippen LogP contribution in [0.3, 0.4) is 0 Å². The van der Waals surface area contributed by atoms with Crippen molar-refractivity contribution in [2.45, 2.75) is 101 Å². The molecule has 1 aliphatic heterocycles. The van der Waals surface area contributed by atoms with Crippen LogP contribution >= 0.6 is 0 Å². The van der Waals surface area contributed by atoms with Gasteiger partial charge in [0.25, 0.3) is 0 Å². The monoisotopic (exact) mass is 719 g/mol. The minimum Gasteiger partial charge on any atom is -0.480 e. The number of nitrogens with two attached hydrogens (primary N) is 2. The third kappa shape index (κ3) is 12.7. The lowest BCUT2D eigenvalue weighted by molar-refractivity contribution is -0.148. The number of aryl methyl sites for hydroxylation is 1. The Balaban J connectivity index is 1.41. The van der Waals surface area contributed by atoms with Crippen molar-refractivity contribution in [1.29, 1.82) is 0 Å². The SMILES string of the molecule is C[C@@H](CNCC(=O)N[C@H](CCc1ccccc1)C(=O)N[C@H](CC1CC1)C(=O)N[C@H](CCCCN)C(=O)N1CCC(N)(C(=O)O)CC1)c1ccccc1. The molecule has 284 valence electrons. The summed E-state index contributed by atoms with van der Waals surface area (Å²) in [5, 5.41) is 21.5. The smallest absolute Gasteiger partial charge is 0.323 e. The van der Waals surface area contributed by atoms with Crippen LogP contribution in [0.15, 0.2) is 60.7 Å². The molecule has 4 rings (SSSR count). The van der Waals surface area contributed by atoms with Crippen LogP contribution in [0, 0.1) is 5.92 Å². The van der Waals surface area contributed by atoms with E-state index in [2.05, 4.69) is 28.2 Å². The molecule has 4 atom stereocenters. The average Bonchev–Trinajstić information content (AvgIpc) is 3.97. The highest BCUT2D eigenvalue weighted by molar-refractivity contribution is 5.94. The van der Waals surface area contributed by atoms with E-state index in [0.29, 0.717) is 51.6 Å². The Morgan fingerprint density at radius 1 is 0.846 bits per heavy atom. The van der Waals surface area contributed by atoms with Gasteiger partial charge in [-0.3, -0.25) is 24.0 Å². The second-order valence-corrected chi connectivity index (χ2v) is 14.5. The number of rotatable bonds is 21. The van der Waals surface area contributed by atoms with Crippen molar-refractivity contribution in [3.8, 4) is 0 Å². The average molecular weight is 720 g/mol. The largest absolute Gasteiger partial charge is 0.480 e. The van der Waals surface area contributed by atoms with Crippen LogP contribution in [-0.2, 0) is 30.4 Å². The molecular weight excluding hydrogens is 662 g/mol. The molecule has 9 N–H and O–H groups in total. The van der Waals surface area contributed by atoms with E-state index in [4.69, 9.17) is 11.5 Å². The molecule has 2 aromatic carbocycles. The van der Waals surface area contributed by atoms with E-state index in [1.54, 1.807) is 4.90 Å². The van der Waals surface area contributed by atoms with Crippen molar-refractivity contribution < 1.29 is 29.1 Å². The van der Waals surface area contributed by atoms with Gasteiger partial charge >= 0.3 is 5.97 Å². The van der Waals surface area contributed by atoms with Gasteiger partial charge in [-0.1, -0.05) is 80.4 Å². The highest BCUT2D eigenvalue weighted by atomic mass is 16.4. The number of benzene rings is 2. The van der Waals surface area contributed by atoms with Crippen molar-refractivity contribution in [3.05, 3.63) is 71.8 Å². The zero-order chi connectivity index (χ0) is 37.5. The minimum atomic E-state index is -1.39. The topological polar surface area (TPSA) is 209 Å². The summed E-state index contributed by atoms with van der Waals surface area (Å²) in [4.78, 5) is 67.8. The third-order valence-electron chi connectivity index (χ3n) is 10.2. The van der Waals surface area contributed by atoms with Gasteiger partial charge < -0.3 is 42.7 Å². The Morgan fingerprint density at radius 3 is 2.08 bits per heavy atom. The van der Waals surface area contributed by atoms with Gasteiger partial charge in [-0.2, -0.15) is 0 Å². The molecule has 13 heteroatoms. The van der Waals surface area contributed by atoms with Crippen LogP contribution in [0.2, 0.25) is 0 Å². The molecule has 1 heterocycles. The first-order chi connectivity index (χ1) is 25.0. The van der Waals surface area contributed by atoms with Gasteiger partial charge in [0.05, 0.1) is 6.54 Å². The van der Waals surface area contributed by atoms with Crippen molar-refractivity contribution in [3.63, 3.8) is 0 Å². The number of carbonyl (C=O) groups excluding carboxylic acids is 4. The van der Waals surface area contributed by atoms with E-state index in [-0.39, 0.29) is 56.1 Å². The molecule has 0 spiro atoms. The molecule has 0 aromatic heterocycles. The van der Waals surface area contributed by atoms with Gasteiger partial charge in [0.15, 0.2) is 0 Å². The van der Waals surface area contributed by atoms with Crippen molar-refractivity contribution in [2.24, 2.45) is 17.4 Å². The molecule has 2 aromatic rings. The van der Waals surface area contributed by atoms with E-state index in [9.17, 15) is 29.1 Å². The quantitative estimate of drug-likeness (QED) is 0.0938. The zero-order valence-electron chi connectivity index (χ0n) is 30.4. The first-order valence-electron chi connectivity index (χ1n) is 18.7. The number of carbonyl (C=O) groups is 5. The second kappa shape index (κ2) is 20.1. The van der Waals surface area contributed by atoms with Crippen LogP contribution in [-0.4, -0.2) is 96.0 Å². The summed E-state index contributed by atoms with van der Waals surface area (Å²) in [6.45, 7) is 3.45. The Labute approximate surface area is 307 Å². The Kier molecular flexibility index (Phi) is 15.6. The van der Waals surface area contributed by atoms with Gasteiger partial charge in [-0.25, -0.2) is 0 Å². The maximum atomic E-state index is 13.9. The Hall–Kier alpha value is -4.33. The summed E-state index contributed by atoms with van der Waals surface area (Å²) in [5.41, 5.74) is 12.5. The molecule has 1 saturated heterocycles. The van der Waals surface area contributed by atoms with Gasteiger partial charge in [0.2, 0.25) is 23.6 Å². The molecule has 1 aliphatic carbocycles. The van der Waals surface area contributed by atoms with Gasteiger partial charge in [0.1, 0.15) is 23.7 Å². The van der Waals surface area contributed by atoms with Crippen LogP contribution in [0.4, 0.5) is 0 Å². The van der Waals surface area contributed by atoms with E-state index in [1.807, 2.05) is 60.7 Å². The first kappa shape index (κ1) is 40.4. The maximum Gasteiger partial charge on any atom is 0.323 e. The number of carboxylic acids is 1.